The molecule has 0 saturated carbocycles. The highest BCUT2D eigenvalue weighted by molar-refractivity contribution is 5.54. The van der Waals surface area contributed by atoms with Gasteiger partial charge in [-0.2, -0.15) is 18.2 Å². The molecule has 0 saturated heterocycles. The fourth-order valence-corrected chi connectivity index (χ4v) is 1.94. The molecule has 0 amide bonds. The van der Waals surface area contributed by atoms with Crippen LogP contribution >= 0.6 is 0 Å². The van der Waals surface area contributed by atoms with Gasteiger partial charge in [0.15, 0.2) is 0 Å². The van der Waals surface area contributed by atoms with Gasteiger partial charge in [-0.3, -0.25) is 0 Å². The maximum atomic E-state index is 13.1. The SMILES string of the molecule is CCc1ccc(Nc2ncc(C(F)(F)F)c(OC(C)(C)C)n2)cc1. The van der Waals surface area contributed by atoms with Gasteiger partial charge in [-0.1, -0.05) is 19.1 Å². The lowest BCUT2D eigenvalue weighted by molar-refractivity contribution is -0.140. The number of hydrogen-bond donors (Lipinski definition) is 1. The summed E-state index contributed by atoms with van der Waals surface area (Å²) < 4.78 is 44.6. The van der Waals surface area contributed by atoms with Crippen molar-refractivity contribution in [1.29, 1.82) is 0 Å². The number of aromatic nitrogens is 2. The number of hydrogen-bond acceptors (Lipinski definition) is 4. The molecule has 24 heavy (non-hydrogen) atoms. The lowest BCUT2D eigenvalue weighted by atomic mass is 10.1. The Hall–Kier alpha value is -2.31. The van der Waals surface area contributed by atoms with Crippen LogP contribution in [0.15, 0.2) is 30.5 Å². The van der Waals surface area contributed by atoms with E-state index in [-0.39, 0.29) is 5.95 Å². The van der Waals surface area contributed by atoms with Crippen LogP contribution in [0.5, 0.6) is 5.88 Å². The van der Waals surface area contributed by atoms with Crippen LogP contribution in [0.3, 0.4) is 0 Å². The molecule has 2 aromatic rings. The molecule has 0 bridgehead atoms. The van der Waals surface area contributed by atoms with Gasteiger partial charge in [-0.05, 0) is 44.9 Å². The van der Waals surface area contributed by atoms with Gasteiger partial charge in [0.25, 0.3) is 0 Å². The summed E-state index contributed by atoms with van der Waals surface area (Å²) in [6.07, 6.45) is -2.95. The number of rotatable bonds is 4. The van der Waals surface area contributed by atoms with Gasteiger partial charge < -0.3 is 10.1 Å². The van der Waals surface area contributed by atoms with Crippen LogP contribution in [0.1, 0.15) is 38.8 Å². The van der Waals surface area contributed by atoms with Crippen molar-refractivity contribution in [3.05, 3.63) is 41.6 Å². The summed E-state index contributed by atoms with van der Waals surface area (Å²) in [6.45, 7) is 7.01. The Morgan fingerprint density at radius 1 is 1.08 bits per heavy atom. The molecular weight excluding hydrogens is 319 g/mol. The quantitative estimate of drug-likeness (QED) is 0.853. The minimum atomic E-state index is -4.58. The molecular formula is C17H20F3N3O. The molecule has 0 radical (unpaired) electrons. The monoisotopic (exact) mass is 339 g/mol. The van der Waals surface area contributed by atoms with E-state index in [9.17, 15) is 13.2 Å². The fourth-order valence-electron chi connectivity index (χ4n) is 1.94. The molecule has 0 spiro atoms. The van der Waals surface area contributed by atoms with E-state index in [2.05, 4.69) is 15.3 Å². The average Bonchev–Trinajstić information content (AvgIpc) is 2.45. The number of aryl methyl sites for hydroxylation is 1. The first-order valence-electron chi connectivity index (χ1n) is 7.57. The third kappa shape index (κ3) is 4.84. The van der Waals surface area contributed by atoms with E-state index < -0.39 is 23.2 Å². The van der Waals surface area contributed by atoms with Crippen molar-refractivity contribution in [2.45, 2.75) is 45.9 Å². The highest BCUT2D eigenvalue weighted by Crippen LogP contribution is 2.36. The first-order chi connectivity index (χ1) is 11.1. The maximum absolute atomic E-state index is 13.1. The zero-order chi connectivity index (χ0) is 18.0. The molecule has 1 aromatic heterocycles. The van der Waals surface area contributed by atoms with Gasteiger partial charge in [-0.15, -0.1) is 0 Å². The number of ether oxygens (including phenoxy) is 1. The third-order valence-corrected chi connectivity index (χ3v) is 3.08. The van der Waals surface area contributed by atoms with Crippen molar-refractivity contribution >= 4 is 11.6 Å². The molecule has 0 aliphatic carbocycles. The molecule has 0 unspecified atom stereocenters. The largest absolute Gasteiger partial charge is 0.471 e. The van der Waals surface area contributed by atoms with Crippen molar-refractivity contribution < 1.29 is 17.9 Å². The summed E-state index contributed by atoms with van der Waals surface area (Å²) in [7, 11) is 0. The van der Waals surface area contributed by atoms with E-state index >= 15 is 0 Å². The minimum Gasteiger partial charge on any atom is -0.471 e. The molecule has 7 heteroatoms. The van der Waals surface area contributed by atoms with Gasteiger partial charge in [0.2, 0.25) is 11.8 Å². The number of nitrogens with one attached hydrogen (secondary N) is 1. The van der Waals surface area contributed by atoms with Crippen LogP contribution in [0.4, 0.5) is 24.8 Å². The second-order valence-corrected chi connectivity index (χ2v) is 6.30. The van der Waals surface area contributed by atoms with Crippen LogP contribution in [-0.4, -0.2) is 15.6 Å². The molecule has 1 N–H and O–H groups in total. The first-order valence-corrected chi connectivity index (χ1v) is 7.57. The molecule has 0 fully saturated rings. The molecule has 0 atom stereocenters. The molecule has 4 nitrogen and oxygen atoms in total. The number of alkyl halides is 3. The Kier molecular flexibility index (Phi) is 5.01. The third-order valence-electron chi connectivity index (χ3n) is 3.08. The van der Waals surface area contributed by atoms with Crippen LogP contribution in [0.25, 0.3) is 0 Å². The molecule has 0 aliphatic heterocycles. The number of anilines is 2. The number of benzene rings is 1. The highest BCUT2D eigenvalue weighted by Gasteiger charge is 2.37. The predicted molar refractivity (Wildman–Crippen MR) is 86.5 cm³/mol. The predicted octanol–water partition coefficient (Wildman–Crippen LogP) is 4.98. The number of nitrogens with zero attached hydrogens (tertiary/aromatic N) is 2. The summed E-state index contributed by atoms with van der Waals surface area (Å²) in [5, 5.41) is 2.89. The Bertz CT molecular complexity index is 692. The summed E-state index contributed by atoms with van der Waals surface area (Å²) >= 11 is 0. The highest BCUT2D eigenvalue weighted by atomic mass is 19.4. The van der Waals surface area contributed by atoms with Crippen molar-refractivity contribution in [3.8, 4) is 5.88 Å². The van der Waals surface area contributed by atoms with Crippen molar-refractivity contribution in [2.75, 3.05) is 5.32 Å². The maximum Gasteiger partial charge on any atom is 0.423 e. The standard InChI is InChI=1S/C17H20F3N3O/c1-5-11-6-8-12(9-7-11)22-15-21-10-13(17(18,19)20)14(23-15)24-16(2,3)4/h6-10H,5H2,1-4H3,(H,21,22,23). The molecule has 2 rings (SSSR count). The van der Waals surface area contributed by atoms with Crippen LogP contribution in [0.2, 0.25) is 0 Å². The van der Waals surface area contributed by atoms with E-state index in [4.69, 9.17) is 4.74 Å². The van der Waals surface area contributed by atoms with Gasteiger partial charge in [0.05, 0.1) is 0 Å². The van der Waals surface area contributed by atoms with E-state index in [0.29, 0.717) is 5.69 Å². The molecule has 1 aromatic carbocycles. The van der Waals surface area contributed by atoms with Gasteiger partial charge in [-0.25, -0.2) is 4.98 Å². The van der Waals surface area contributed by atoms with E-state index in [1.165, 1.54) is 0 Å². The average molecular weight is 339 g/mol. The van der Waals surface area contributed by atoms with Crippen LogP contribution in [-0.2, 0) is 12.6 Å². The smallest absolute Gasteiger partial charge is 0.423 e. The normalized spacial score (nSPS) is 12.1. The molecule has 1 heterocycles. The second kappa shape index (κ2) is 6.67. The van der Waals surface area contributed by atoms with Crippen LogP contribution < -0.4 is 10.1 Å². The Balaban J connectivity index is 2.32. The topological polar surface area (TPSA) is 47.0 Å². The van der Waals surface area contributed by atoms with Crippen LogP contribution in [0, 0.1) is 0 Å². The summed E-state index contributed by atoms with van der Waals surface area (Å²) in [5.41, 5.74) is 0.0395. The lowest BCUT2D eigenvalue weighted by Crippen LogP contribution is -2.26. The zero-order valence-electron chi connectivity index (χ0n) is 14.0. The van der Waals surface area contributed by atoms with E-state index in [0.717, 1.165) is 18.2 Å². The first kappa shape index (κ1) is 18.0. The minimum absolute atomic E-state index is 0.0477. The Labute approximate surface area is 139 Å². The molecule has 130 valence electrons. The summed E-state index contributed by atoms with van der Waals surface area (Å²) in [6, 6.07) is 7.51. The summed E-state index contributed by atoms with van der Waals surface area (Å²) in [4.78, 5) is 7.65. The van der Waals surface area contributed by atoms with Crippen molar-refractivity contribution in [1.82, 2.24) is 9.97 Å². The van der Waals surface area contributed by atoms with Gasteiger partial charge in [0, 0.05) is 11.9 Å². The van der Waals surface area contributed by atoms with Gasteiger partial charge in [0.1, 0.15) is 11.2 Å². The van der Waals surface area contributed by atoms with E-state index in [1.54, 1.807) is 20.8 Å². The fraction of sp³-hybridized carbons (Fsp3) is 0.412. The second-order valence-electron chi connectivity index (χ2n) is 6.30. The van der Waals surface area contributed by atoms with Gasteiger partial charge >= 0.3 is 6.18 Å². The van der Waals surface area contributed by atoms with Crippen molar-refractivity contribution in [2.24, 2.45) is 0 Å². The van der Waals surface area contributed by atoms with Crippen molar-refractivity contribution in [3.63, 3.8) is 0 Å². The molecule has 0 aliphatic rings. The summed E-state index contributed by atoms with van der Waals surface area (Å²) in [5.74, 6) is -0.441. The Morgan fingerprint density at radius 2 is 1.71 bits per heavy atom. The lowest BCUT2D eigenvalue weighted by Gasteiger charge is -2.23. The Morgan fingerprint density at radius 3 is 2.21 bits per heavy atom. The number of halogens is 3. The van der Waals surface area contributed by atoms with E-state index in [1.807, 2.05) is 31.2 Å². The zero-order valence-corrected chi connectivity index (χ0v) is 14.0.